The van der Waals surface area contributed by atoms with Crippen molar-refractivity contribution >= 4 is 11.6 Å². The molecule has 1 amide bonds. The predicted octanol–water partition coefficient (Wildman–Crippen LogP) is 1.91. The van der Waals surface area contributed by atoms with Gasteiger partial charge in [0, 0.05) is 0 Å². The number of nitrogens with one attached hydrogen (secondary N) is 1. The third kappa shape index (κ3) is 2.77. The summed E-state index contributed by atoms with van der Waals surface area (Å²) in [6, 6.07) is 1.48. The first kappa shape index (κ1) is 13.5. The molecule has 1 unspecified atom stereocenters. The Balaban J connectivity index is 3.23. The van der Waals surface area contributed by atoms with E-state index in [0.717, 1.165) is 16.7 Å². The van der Waals surface area contributed by atoms with E-state index in [-0.39, 0.29) is 5.91 Å². The van der Waals surface area contributed by atoms with Crippen LogP contribution in [0.3, 0.4) is 0 Å². The second-order valence-corrected chi connectivity index (χ2v) is 4.32. The first-order valence-electron chi connectivity index (χ1n) is 5.59. The van der Waals surface area contributed by atoms with E-state index in [9.17, 15) is 4.79 Å². The van der Waals surface area contributed by atoms with Crippen LogP contribution in [-0.4, -0.2) is 19.1 Å². The zero-order chi connectivity index (χ0) is 13.2. The molecule has 4 nitrogen and oxygen atoms in total. The number of nitrogens with two attached hydrogens (primary N) is 1. The molecule has 1 rings (SSSR count). The molecule has 0 spiro atoms. The van der Waals surface area contributed by atoms with Gasteiger partial charge < -0.3 is 15.8 Å². The Morgan fingerprint density at radius 1 is 1.35 bits per heavy atom. The molecule has 0 aliphatic heterocycles. The Hall–Kier alpha value is -1.55. The van der Waals surface area contributed by atoms with Crippen LogP contribution in [0.2, 0.25) is 0 Å². The molecule has 0 bridgehead atoms. The van der Waals surface area contributed by atoms with Crippen molar-refractivity contribution in [2.45, 2.75) is 33.7 Å². The van der Waals surface area contributed by atoms with E-state index in [1.807, 2.05) is 26.8 Å². The van der Waals surface area contributed by atoms with Gasteiger partial charge >= 0.3 is 0 Å². The summed E-state index contributed by atoms with van der Waals surface area (Å²) < 4.78 is 5.36. The Bertz CT molecular complexity index is 440. The molecule has 0 radical (unpaired) electrons. The van der Waals surface area contributed by atoms with Crippen LogP contribution >= 0.6 is 0 Å². The van der Waals surface area contributed by atoms with Crippen LogP contribution in [0.15, 0.2) is 6.07 Å². The summed E-state index contributed by atoms with van der Waals surface area (Å²) in [4.78, 5) is 11.6. The third-order valence-electron chi connectivity index (χ3n) is 2.85. The van der Waals surface area contributed by atoms with Crippen molar-refractivity contribution in [2.75, 3.05) is 12.4 Å². The summed E-state index contributed by atoms with van der Waals surface area (Å²) >= 11 is 0. The summed E-state index contributed by atoms with van der Waals surface area (Å²) in [7, 11) is 1.60. The predicted molar refractivity (Wildman–Crippen MR) is 69.5 cm³/mol. The lowest BCUT2D eigenvalue weighted by Gasteiger charge is -2.18. The summed E-state index contributed by atoms with van der Waals surface area (Å²) in [6.45, 7) is 7.57. The van der Waals surface area contributed by atoms with Gasteiger partial charge in [0.15, 0.2) is 0 Å². The minimum Gasteiger partial charge on any atom is -0.494 e. The molecule has 0 saturated heterocycles. The van der Waals surface area contributed by atoms with Gasteiger partial charge in [0.05, 0.1) is 18.8 Å². The summed E-state index contributed by atoms with van der Waals surface area (Å²) in [5.74, 6) is 0.492. The Morgan fingerprint density at radius 2 is 1.94 bits per heavy atom. The van der Waals surface area contributed by atoms with Gasteiger partial charge in [-0.15, -0.1) is 0 Å². The molecule has 1 aromatic carbocycles. The van der Waals surface area contributed by atoms with Crippen molar-refractivity contribution in [2.24, 2.45) is 5.73 Å². The molecule has 1 aromatic rings. The van der Waals surface area contributed by atoms with Crippen LogP contribution in [0, 0.1) is 20.8 Å². The Kier molecular flexibility index (Phi) is 4.12. The highest BCUT2D eigenvalue weighted by molar-refractivity contribution is 5.96. The second kappa shape index (κ2) is 5.19. The quantitative estimate of drug-likeness (QED) is 0.842. The van der Waals surface area contributed by atoms with E-state index in [1.54, 1.807) is 14.0 Å². The SMILES string of the molecule is COc1c(C)c(C)cc(C)c1NC(=O)C(C)N. The molecule has 0 aliphatic rings. The van der Waals surface area contributed by atoms with E-state index in [4.69, 9.17) is 10.5 Å². The molecule has 4 heteroatoms. The molecule has 0 aromatic heterocycles. The summed E-state index contributed by atoms with van der Waals surface area (Å²) in [5, 5.41) is 2.81. The van der Waals surface area contributed by atoms with Gasteiger partial charge in [0.1, 0.15) is 5.75 Å². The molecule has 1 atom stereocenters. The highest BCUT2D eigenvalue weighted by Gasteiger charge is 2.16. The van der Waals surface area contributed by atoms with Gasteiger partial charge in [-0.25, -0.2) is 0 Å². The molecule has 94 valence electrons. The van der Waals surface area contributed by atoms with Gasteiger partial charge in [-0.2, -0.15) is 0 Å². The Morgan fingerprint density at radius 3 is 2.41 bits per heavy atom. The number of aryl methyl sites for hydroxylation is 2. The van der Waals surface area contributed by atoms with Crippen molar-refractivity contribution in [3.63, 3.8) is 0 Å². The first-order chi connectivity index (χ1) is 7.88. The number of rotatable bonds is 3. The molecular weight excluding hydrogens is 216 g/mol. The molecule has 0 fully saturated rings. The van der Waals surface area contributed by atoms with E-state index in [1.165, 1.54) is 0 Å². The summed E-state index contributed by atoms with van der Waals surface area (Å²) in [5.41, 5.74) is 9.38. The monoisotopic (exact) mass is 236 g/mol. The van der Waals surface area contributed by atoms with Crippen molar-refractivity contribution in [1.29, 1.82) is 0 Å². The standard InChI is InChI=1S/C13H20N2O2/c1-7-6-8(2)11(12(17-5)9(7)3)15-13(16)10(4)14/h6,10H,14H2,1-5H3,(H,15,16). The van der Waals surface area contributed by atoms with Crippen LogP contribution in [-0.2, 0) is 4.79 Å². The highest BCUT2D eigenvalue weighted by atomic mass is 16.5. The minimum atomic E-state index is -0.541. The number of benzene rings is 1. The van der Waals surface area contributed by atoms with Gasteiger partial charge in [-0.3, -0.25) is 4.79 Å². The molecule has 0 saturated carbocycles. The normalized spacial score (nSPS) is 12.1. The van der Waals surface area contributed by atoms with Crippen molar-refractivity contribution in [1.82, 2.24) is 0 Å². The topological polar surface area (TPSA) is 64.3 Å². The van der Waals surface area contributed by atoms with Gasteiger partial charge in [0.25, 0.3) is 0 Å². The third-order valence-corrected chi connectivity index (χ3v) is 2.85. The second-order valence-electron chi connectivity index (χ2n) is 4.32. The van der Waals surface area contributed by atoms with Gasteiger partial charge in [-0.05, 0) is 44.4 Å². The van der Waals surface area contributed by atoms with Gasteiger partial charge in [0.2, 0.25) is 5.91 Å². The van der Waals surface area contributed by atoms with Crippen molar-refractivity contribution in [3.8, 4) is 5.75 Å². The van der Waals surface area contributed by atoms with E-state index < -0.39 is 6.04 Å². The first-order valence-corrected chi connectivity index (χ1v) is 5.59. The average molecular weight is 236 g/mol. The maximum Gasteiger partial charge on any atom is 0.241 e. The van der Waals surface area contributed by atoms with Gasteiger partial charge in [-0.1, -0.05) is 6.07 Å². The maximum absolute atomic E-state index is 11.6. The lowest BCUT2D eigenvalue weighted by molar-refractivity contribution is -0.117. The van der Waals surface area contributed by atoms with Crippen molar-refractivity contribution < 1.29 is 9.53 Å². The lowest BCUT2D eigenvalue weighted by Crippen LogP contribution is -2.32. The Labute approximate surface area is 102 Å². The highest BCUT2D eigenvalue weighted by Crippen LogP contribution is 2.34. The zero-order valence-electron chi connectivity index (χ0n) is 11.0. The molecule has 0 heterocycles. The number of ether oxygens (including phenoxy) is 1. The van der Waals surface area contributed by atoms with Crippen LogP contribution in [0.25, 0.3) is 0 Å². The number of hydrogen-bond acceptors (Lipinski definition) is 3. The summed E-state index contributed by atoms with van der Waals surface area (Å²) in [6.07, 6.45) is 0. The van der Waals surface area contributed by atoms with Crippen LogP contribution in [0.5, 0.6) is 5.75 Å². The van der Waals surface area contributed by atoms with Crippen molar-refractivity contribution in [3.05, 3.63) is 22.8 Å². The van der Waals surface area contributed by atoms with E-state index >= 15 is 0 Å². The van der Waals surface area contributed by atoms with E-state index in [2.05, 4.69) is 5.32 Å². The van der Waals surface area contributed by atoms with E-state index in [0.29, 0.717) is 11.4 Å². The fourth-order valence-corrected chi connectivity index (χ4v) is 1.70. The lowest BCUT2D eigenvalue weighted by atomic mass is 10.0. The van der Waals surface area contributed by atoms with Crippen LogP contribution in [0.4, 0.5) is 5.69 Å². The zero-order valence-corrected chi connectivity index (χ0v) is 11.0. The number of carbonyl (C=O) groups is 1. The average Bonchev–Trinajstić information content (AvgIpc) is 2.26. The molecule has 3 N–H and O–H groups in total. The number of carbonyl (C=O) groups excluding carboxylic acids is 1. The fourth-order valence-electron chi connectivity index (χ4n) is 1.70. The number of methoxy groups -OCH3 is 1. The number of anilines is 1. The molecule has 0 aliphatic carbocycles. The van der Waals surface area contributed by atoms with Crippen LogP contribution in [0.1, 0.15) is 23.6 Å². The largest absolute Gasteiger partial charge is 0.494 e. The molecular formula is C13H20N2O2. The maximum atomic E-state index is 11.6. The molecule has 17 heavy (non-hydrogen) atoms. The number of amides is 1. The fraction of sp³-hybridized carbons (Fsp3) is 0.462. The number of hydrogen-bond donors (Lipinski definition) is 2. The van der Waals surface area contributed by atoms with Crippen LogP contribution < -0.4 is 15.8 Å². The minimum absolute atomic E-state index is 0.213. The smallest absolute Gasteiger partial charge is 0.241 e.